The molecule has 0 aromatic heterocycles. The molecule has 0 atom stereocenters. The molecule has 0 saturated carbocycles. The van der Waals surface area contributed by atoms with Gasteiger partial charge in [-0.1, -0.05) is 11.8 Å². The topological polar surface area (TPSA) is 167 Å². The summed E-state index contributed by atoms with van der Waals surface area (Å²) >= 11 is 1.23. The van der Waals surface area contributed by atoms with Crippen LogP contribution in [0.3, 0.4) is 0 Å². The van der Waals surface area contributed by atoms with Gasteiger partial charge in [-0.25, -0.2) is 9.59 Å². The number of aliphatic carboxylic acids is 2. The largest absolute Gasteiger partial charge is 0.478 e. The summed E-state index contributed by atoms with van der Waals surface area (Å²) in [5, 5.41) is 37.7. The number of piperazine rings is 1. The zero-order chi connectivity index (χ0) is 25.3. The van der Waals surface area contributed by atoms with Gasteiger partial charge >= 0.3 is 11.9 Å². The van der Waals surface area contributed by atoms with E-state index in [0.29, 0.717) is 17.0 Å². The monoisotopic (exact) mass is 490 g/mol. The van der Waals surface area contributed by atoms with Crippen LogP contribution in [-0.4, -0.2) is 70.1 Å². The number of hydrogen-bond donors (Lipinski definition) is 2. The summed E-state index contributed by atoms with van der Waals surface area (Å²) in [6, 6.07) is 11.6. The highest BCUT2D eigenvalue weighted by atomic mass is 32.2. The van der Waals surface area contributed by atoms with E-state index < -0.39 is 21.8 Å². The zero-order valence-electron chi connectivity index (χ0n) is 18.1. The Labute approximate surface area is 198 Å². The Morgan fingerprint density at radius 2 is 1.47 bits per heavy atom. The van der Waals surface area contributed by atoms with Crippen LogP contribution in [0.5, 0.6) is 0 Å². The first-order chi connectivity index (χ1) is 16.1. The van der Waals surface area contributed by atoms with Crippen molar-refractivity contribution in [1.29, 1.82) is 0 Å². The molecular weight excluding hydrogens is 468 g/mol. The van der Waals surface area contributed by atoms with Crippen molar-refractivity contribution in [3.8, 4) is 0 Å². The quantitative estimate of drug-likeness (QED) is 0.332. The highest BCUT2D eigenvalue weighted by molar-refractivity contribution is 7.99. The molecule has 3 rings (SSSR count). The Balaban J connectivity index is 0.000000440. The molecule has 0 aliphatic carbocycles. The minimum atomic E-state index is -1.26. The van der Waals surface area contributed by atoms with Gasteiger partial charge in [-0.05, 0) is 37.4 Å². The molecule has 2 aromatic carbocycles. The molecule has 1 aliphatic rings. The van der Waals surface area contributed by atoms with Gasteiger partial charge in [-0.15, -0.1) is 0 Å². The van der Waals surface area contributed by atoms with Crippen molar-refractivity contribution >= 4 is 40.8 Å². The molecule has 1 aliphatic heterocycles. The molecule has 0 spiro atoms. The number of carbonyl (C=O) groups is 2. The molecular formula is C21H22N4O8S. The summed E-state index contributed by atoms with van der Waals surface area (Å²) in [6.45, 7) is 3.98. The van der Waals surface area contributed by atoms with E-state index in [-0.39, 0.29) is 11.4 Å². The Morgan fingerprint density at radius 1 is 0.912 bits per heavy atom. The van der Waals surface area contributed by atoms with E-state index in [1.165, 1.54) is 23.9 Å². The van der Waals surface area contributed by atoms with Crippen LogP contribution in [0.25, 0.3) is 0 Å². The van der Waals surface area contributed by atoms with E-state index in [0.717, 1.165) is 42.8 Å². The van der Waals surface area contributed by atoms with Gasteiger partial charge in [0.05, 0.1) is 20.8 Å². The molecule has 2 N–H and O–H groups in total. The minimum Gasteiger partial charge on any atom is -0.478 e. The lowest BCUT2D eigenvalue weighted by Gasteiger charge is -2.34. The van der Waals surface area contributed by atoms with Crippen molar-refractivity contribution in [3.63, 3.8) is 0 Å². The highest BCUT2D eigenvalue weighted by Gasteiger charge is 2.20. The lowest BCUT2D eigenvalue weighted by Crippen LogP contribution is -2.44. The first-order valence-electron chi connectivity index (χ1n) is 9.85. The van der Waals surface area contributed by atoms with E-state index in [9.17, 15) is 29.8 Å². The molecule has 1 fully saturated rings. The van der Waals surface area contributed by atoms with E-state index in [2.05, 4.69) is 16.8 Å². The highest BCUT2D eigenvalue weighted by Crippen LogP contribution is 2.37. The Hall–Kier alpha value is -3.97. The second-order valence-corrected chi connectivity index (χ2v) is 8.18. The first kappa shape index (κ1) is 26.3. The number of carboxylic acid groups (broad SMARTS) is 2. The third kappa shape index (κ3) is 8.18. The lowest BCUT2D eigenvalue weighted by molar-refractivity contribution is -0.396. The number of likely N-dealkylation sites (N-methyl/N-ethyl adjacent to an activating group) is 1. The predicted molar refractivity (Wildman–Crippen MR) is 124 cm³/mol. The number of hydrogen-bond acceptors (Lipinski definition) is 9. The number of nitro benzene ring substituents is 2. The average molecular weight is 490 g/mol. The van der Waals surface area contributed by atoms with Gasteiger partial charge in [0.2, 0.25) is 0 Å². The summed E-state index contributed by atoms with van der Waals surface area (Å²) < 4.78 is 0. The fourth-order valence-corrected chi connectivity index (χ4v) is 3.81. The summed E-state index contributed by atoms with van der Waals surface area (Å²) in [7, 11) is 2.11. The number of non-ortho nitro benzene ring substituents is 1. The van der Waals surface area contributed by atoms with Crippen LogP contribution in [0.4, 0.5) is 17.1 Å². The molecule has 2 aromatic rings. The average Bonchev–Trinajstić information content (AvgIpc) is 2.79. The normalized spacial score (nSPS) is 13.7. The smallest absolute Gasteiger partial charge is 0.328 e. The lowest BCUT2D eigenvalue weighted by atomic mass is 10.2. The molecule has 1 heterocycles. The molecule has 12 nitrogen and oxygen atoms in total. The van der Waals surface area contributed by atoms with Gasteiger partial charge in [0.25, 0.3) is 11.4 Å². The van der Waals surface area contributed by atoms with Gasteiger partial charge in [0, 0.05) is 55.0 Å². The predicted octanol–water partition coefficient (Wildman–Crippen LogP) is 3.12. The van der Waals surface area contributed by atoms with Crippen molar-refractivity contribution in [2.75, 3.05) is 38.1 Å². The molecule has 0 unspecified atom stereocenters. The van der Waals surface area contributed by atoms with Crippen molar-refractivity contribution < 1.29 is 29.6 Å². The third-order valence-electron chi connectivity index (χ3n) is 4.65. The van der Waals surface area contributed by atoms with Crippen molar-refractivity contribution in [3.05, 3.63) is 74.8 Å². The van der Waals surface area contributed by atoms with Crippen LogP contribution in [0.1, 0.15) is 0 Å². The number of benzene rings is 2. The number of nitrogens with zero attached hydrogens (tertiary/aromatic N) is 4. The van der Waals surface area contributed by atoms with Crippen LogP contribution in [0, 0.1) is 20.2 Å². The van der Waals surface area contributed by atoms with Crippen LogP contribution in [0.15, 0.2) is 64.4 Å². The molecule has 13 heteroatoms. The van der Waals surface area contributed by atoms with Gasteiger partial charge < -0.3 is 20.0 Å². The Morgan fingerprint density at radius 3 is 1.94 bits per heavy atom. The number of rotatable bonds is 7. The second kappa shape index (κ2) is 12.3. The summed E-state index contributed by atoms with van der Waals surface area (Å²) in [5.74, 6) is -2.51. The van der Waals surface area contributed by atoms with Crippen molar-refractivity contribution in [2.45, 2.75) is 9.79 Å². The fourth-order valence-electron chi connectivity index (χ4n) is 2.91. The van der Waals surface area contributed by atoms with Gasteiger partial charge in [0.15, 0.2) is 0 Å². The van der Waals surface area contributed by atoms with E-state index in [1.54, 1.807) is 0 Å². The van der Waals surface area contributed by atoms with E-state index in [4.69, 9.17) is 10.2 Å². The maximum atomic E-state index is 11.2. The summed E-state index contributed by atoms with van der Waals surface area (Å²) in [4.78, 5) is 45.8. The number of anilines is 1. The molecule has 0 amide bonds. The second-order valence-electron chi connectivity index (χ2n) is 7.06. The fraction of sp³-hybridized carbons (Fsp3) is 0.238. The zero-order valence-corrected chi connectivity index (χ0v) is 18.9. The van der Waals surface area contributed by atoms with Crippen LogP contribution in [-0.2, 0) is 9.59 Å². The maximum Gasteiger partial charge on any atom is 0.328 e. The molecule has 1 saturated heterocycles. The third-order valence-corrected chi connectivity index (χ3v) is 5.72. The van der Waals surface area contributed by atoms with E-state index >= 15 is 0 Å². The number of carboxylic acids is 2. The Bertz CT molecular complexity index is 1070. The van der Waals surface area contributed by atoms with Gasteiger partial charge in [-0.3, -0.25) is 20.2 Å². The minimum absolute atomic E-state index is 0.257. The Kier molecular flexibility index (Phi) is 9.52. The standard InChI is InChI=1S/C17H18N4O4S.C4H4O4/c1-18-8-10-19(11-9-18)13-2-5-15(6-3-13)26-17-7-4-14(20(22)23)12-16(17)21(24)25;5-3(6)1-2-4(7)8/h2-7,12H,8-11H2,1H3;1-2H,(H,5,6)(H,7,8). The molecule has 180 valence electrons. The first-order valence-corrected chi connectivity index (χ1v) is 10.7. The SMILES string of the molecule is CN1CCN(c2ccc(Sc3ccc([N+](=O)[O-])cc3[N+](=O)[O-])cc2)CC1.O=C(O)C=CC(=O)O. The van der Waals surface area contributed by atoms with Crippen LogP contribution < -0.4 is 4.90 Å². The summed E-state index contributed by atoms with van der Waals surface area (Å²) in [6.07, 6.45) is 1.12. The van der Waals surface area contributed by atoms with Gasteiger partial charge in [-0.2, -0.15) is 0 Å². The van der Waals surface area contributed by atoms with Crippen LogP contribution in [0.2, 0.25) is 0 Å². The number of nitro groups is 2. The maximum absolute atomic E-state index is 11.2. The van der Waals surface area contributed by atoms with Crippen molar-refractivity contribution in [2.24, 2.45) is 0 Å². The summed E-state index contributed by atoms with van der Waals surface area (Å²) in [5.41, 5.74) is 0.583. The molecule has 0 bridgehead atoms. The molecule has 0 radical (unpaired) electrons. The van der Waals surface area contributed by atoms with Gasteiger partial charge in [0.1, 0.15) is 0 Å². The van der Waals surface area contributed by atoms with E-state index in [1.807, 2.05) is 24.3 Å². The molecule has 34 heavy (non-hydrogen) atoms. The van der Waals surface area contributed by atoms with Crippen molar-refractivity contribution in [1.82, 2.24) is 4.90 Å². The van der Waals surface area contributed by atoms with Crippen LogP contribution >= 0.6 is 11.8 Å².